The number of carbonyl (C=O) groups excluding carboxylic acids is 2. The normalized spacial score (nSPS) is 14.2. The summed E-state index contributed by atoms with van der Waals surface area (Å²) in [5.74, 6) is -0.594. The lowest BCUT2D eigenvalue weighted by Gasteiger charge is -2.39. The molecule has 0 aromatic rings. The maximum atomic E-state index is 12.2. The van der Waals surface area contributed by atoms with E-state index in [1.807, 2.05) is 20.8 Å². The summed E-state index contributed by atoms with van der Waals surface area (Å²) in [6, 6.07) is 0. The predicted molar refractivity (Wildman–Crippen MR) is 96.9 cm³/mol. The SMILES string of the molecule is CON(C)C(=O)C[C@@H](CC(=O)OC(C)(C)C)O[Si](C)(C)C(C)(C)C. The zero-order chi connectivity index (χ0) is 19.3. The van der Waals surface area contributed by atoms with E-state index in [0.29, 0.717) is 0 Å². The van der Waals surface area contributed by atoms with Gasteiger partial charge in [-0.1, -0.05) is 20.8 Å². The lowest BCUT2D eigenvalue weighted by atomic mass is 10.1. The van der Waals surface area contributed by atoms with Crippen molar-refractivity contribution in [2.45, 2.75) is 84.2 Å². The van der Waals surface area contributed by atoms with Crippen molar-refractivity contribution >= 4 is 20.2 Å². The van der Waals surface area contributed by atoms with Gasteiger partial charge in [-0.15, -0.1) is 0 Å². The van der Waals surface area contributed by atoms with Crippen LogP contribution in [0.15, 0.2) is 0 Å². The maximum absolute atomic E-state index is 12.2. The van der Waals surface area contributed by atoms with Crippen molar-refractivity contribution in [1.82, 2.24) is 5.06 Å². The minimum atomic E-state index is -2.12. The Morgan fingerprint density at radius 1 is 1.04 bits per heavy atom. The second-order valence-corrected chi connectivity index (χ2v) is 13.3. The Bertz CT molecular complexity index is 437. The highest BCUT2D eigenvalue weighted by Gasteiger charge is 2.40. The number of carbonyl (C=O) groups is 2. The standard InChI is InChI=1S/C17H35NO5Si/c1-16(2,3)22-15(20)12-13(11-14(19)18(7)21-8)23-24(9,10)17(4,5)6/h13H,11-12H2,1-10H3/t13-/m0/s1. The van der Waals surface area contributed by atoms with Gasteiger partial charge in [-0.25, -0.2) is 5.06 Å². The molecule has 7 heteroatoms. The summed E-state index contributed by atoms with van der Waals surface area (Å²) >= 11 is 0. The lowest BCUT2D eigenvalue weighted by molar-refractivity contribution is -0.171. The van der Waals surface area contributed by atoms with E-state index >= 15 is 0 Å². The molecule has 0 rings (SSSR count). The second-order valence-electron chi connectivity index (χ2n) is 8.57. The molecule has 24 heavy (non-hydrogen) atoms. The Morgan fingerprint density at radius 3 is 1.92 bits per heavy atom. The Hall–Kier alpha value is -0.923. The van der Waals surface area contributed by atoms with Gasteiger partial charge in [0.1, 0.15) is 5.60 Å². The summed E-state index contributed by atoms with van der Waals surface area (Å²) in [5.41, 5.74) is -0.564. The van der Waals surface area contributed by atoms with Gasteiger partial charge < -0.3 is 9.16 Å². The van der Waals surface area contributed by atoms with Gasteiger partial charge in [-0.05, 0) is 38.9 Å². The molecule has 0 aliphatic carbocycles. The first-order chi connectivity index (χ1) is 10.6. The van der Waals surface area contributed by atoms with Gasteiger partial charge in [0.25, 0.3) is 0 Å². The Morgan fingerprint density at radius 2 is 1.54 bits per heavy atom. The van der Waals surface area contributed by atoms with Crippen LogP contribution in [0, 0.1) is 0 Å². The van der Waals surface area contributed by atoms with Crippen LogP contribution in [-0.2, 0) is 23.6 Å². The maximum Gasteiger partial charge on any atom is 0.308 e. The molecule has 0 N–H and O–H groups in total. The fraction of sp³-hybridized carbons (Fsp3) is 0.882. The number of hydrogen-bond donors (Lipinski definition) is 0. The number of esters is 1. The number of rotatable bonds is 7. The van der Waals surface area contributed by atoms with Crippen molar-refractivity contribution in [2.75, 3.05) is 14.2 Å². The van der Waals surface area contributed by atoms with Crippen molar-refractivity contribution in [3.63, 3.8) is 0 Å². The van der Waals surface area contributed by atoms with Crippen molar-refractivity contribution < 1.29 is 23.6 Å². The predicted octanol–water partition coefficient (Wildman–Crippen LogP) is 3.52. The molecule has 142 valence electrons. The van der Waals surface area contributed by atoms with Crippen LogP contribution in [0.2, 0.25) is 18.1 Å². The van der Waals surface area contributed by atoms with Gasteiger partial charge in [0.05, 0.1) is 26.1 Å². The minimum absolute atomic E-state index is 0.0185. The molecule has 0 unspecified atom stereocenters. The van der Waals surface area contributed by atoms with Crippen molar-refractivity contribution in [3.05, 3.63) is 0 Å². The first kappa shape index (κ1) is 23.1. The molecule has 1 amide bonds. The summed E-state index contributed by atoms with van der Waals surface area (Å²) in [4.78, 5) is 29.3. The number of amides is 1. The molecular weight excluding hydrogens is 326 g/mol. The van der Waals surface area contributed by atoms with E-state index in [-0.39, 0.29) is 29.8 Å². The van der Waals surface area contributed by atoms with Crippen LogP contribution in [0.4, 0.5) is 0 Å². The monoisotopic (exact) mass is 361 g/mol. The molecule has 0 aliphatic rings. The summed E-state index contributed by atoms with van der Waals surface area (Å²) < 4.78 is 11.7. The Labute approximate surface area is 147 Å². The first-order valence-corrected chi connectivity index (χ1v) is 11.2. The van der Waals surface area contributed by atoms with Crippen LogP contribution in [0.3, 0.4) is 0 Å². The fourth-order valence-electron chi connectivity index (χ4n) is 1.74. The van der Waals surface area contributed by atoms with Gasteiger partial charge in [0.15, 0.2) is 8.32 Å². The number of nitrogens with zero attached hydrogens (tertiary/aromatic N) is 1. The molecule has 0 saturated carbocycles. The molecule has 6 nitrogen and oxygen atoms in total. The lowest BCUT2D eigenvalue weighted by Crippen LogP contribution is -2.46. The largest absolute Gasteiger partial charge is 0.460 e. The van der Waals surface area contributed by atoms with Crippen LogP contribution in [0.1, 0.15) is 54.4 Å². The zero-order valence-electron chi connectivity index (χ0n) is 17.0. The number of hydrogen-bond acceptors (Lipinski definition) is 5. The fourth-order valence-corrected chi connectivity index (χ4v) is 3.10. The number of hydroxylamine groups is 2. The Kier molecular flexibility index (Phi) is 8.12. The molecule has 1 atom stereocenters. The van der Waals surface area contributed by atoms with Crippen molar-refractivity contribution in [1.29, 1.82) is 0 Å². The average Bonchev–Trinajstić information content (AvgIpc) is 2.32. The van der Waals surface area contributed by atoms with Crippen LogP contribution in [-0.4, -0.2) is 51.1 Å². The van der Waals surface area contributed by atoms with Crippen LogP contribution in [0.5, 0.6) is 0 Å². The van der Waals surface area contributed by atoms with Gasteiger partial charge in [-0.3, -0.25) is 14.4 Å². The van der Waals surface area contributed by atoms with Crippen LogP contribution < -0.4 is 0 Å². The molecule has 0 saturated heterocycles. The quantitative estimate of drug-likeness (QED) is 0.394. The molecule has 0 aromatic heterocycles. The van der Waals surface area contributed by atoms with Crippen LogP contribution in [0.25, 0.3) is 0 Å². The highest BCUT2D eigenvalue weighted by Crippen LogP contribution is 2.38. The summed E-state index contributed by atoms with van der Waals surface area (Å²) in [5, 5.41) is 1.13. The Balaban J connectivity index is 5.16. The van der Waals surface area contributed by atoms with E-state index in [1.165, 1.54) is 7.11 Å². The average molecular weight is 362 g/mol. The third-order valence-corrected chi connectivity index (χ3v) is 8.64. The molecule has 0 aliphatic heterocycles. The molecular formula is C17H35NO5Si. The van der Waals surface area contributed by atoms with Gasteiger partial charge in [0, 0.05) is 7.05 Å². The van der Waals surface area contributed by atoms with Gasteiger partial charge >= 0.3 is 5.97 Å². The minimum Gasteiger partial charge on any atom is -0.460 e. The van der Waals surface area contributed by atoms with Crippen LogP contribution >= 0.6 is 0 Å². The van der Waals surface area contributed by atoms with E-state index in [2.05, 4.69) is 33.9 Å². The highest BCUT2D eigenvalue weighted by molar-refractivity contribution is 6.74. The van der Waals surface area contributed by atoms with E-state index in [0.717, 1.165) is 5.06 Å². The zero-order valence-corrected chi connectivity index (χ0v) is 18.0. The smallest absolute Gasteiger partial charge is 0.308 e. The van der Waals surface area contributed by atoms with E-state index < -0.39 is 20.0 Å². The molecule has 0 radical (unpaired) electrons. The second kappa shape index (κ2) is 8.45. The first-order valence-electron chi connectivity index (χ1n) is 8.29. The summed E-state index contributed by atoms with van der Waals surface area (Å²) in [6.07, 6.45) is -0.394. The summed E-state index contributed by atoms with van der Waals surface area (Å²) in [6.45, 7) is 16.0. The third-order valence-electron chi connectivity index (χ3n) is 4.11. The highest BCUT2D eigenvalue weighted by atomic mass is 28.4. The summed E-state index contributed by atoms with van der Waals surface area (Å²) in [7, 11) is 0.842. The number of ether oxygens (including phenoxy) is 1. The molecule has 0 bridgehead atoms. The van der Waals surface area contributed by atoms with Gasteiger partial charge in [0.2, 0.25) is 5.91 Å². The van der Waals surface area contributed by atoms with Crippen molar-refractivity contribution in [3.8, 4) is 0 Å². The third kappa shape index (κ3) is 8.26. The molecule has 0 heterocycles. The molecule has 0 aromatic carbocycles. The van der Waals surface area contributed by atoms with E-state index in [1.54, 1.807) is 7.05 Å². The topological polar surface area (TPSA) is 65.1 Å². The van der Waals surface area contributed by atoms with Crippen molar-refractivity contribution in [2.24, 2.45) is 0 Å². The van der Waals surface area contributed by atoms with E-state index in [4.69, 9.17) is 14.0 Å². The van der Waals surface area contributed by atoms with Gasteiger partial charge in [-0.2, -0.15) is 0 Å². The molecule has 0 spiro atoms. The molecule has 0 fully saturated rings. The van der Waals surface area contributed by atoms with E-state index in [9.17, 15) is 9.59 Å².